The van der Waals surface area contributed by atoms with Crippen LogP contribution < -0.4 is 5.32 Å². The zero-order chi connectivity index (χ0) is 14.8. The van der Waals surface area contributed by atoms with E-state index in [0.29, 0.717) is 11.3 Å². The van der Waals surface area contributed by atoms with E-state index in [-0.39, 0.29) is 0 Å². The van der Waals surface area contributed by atoms with Crippen LogP contribution in [0.3, 0.4) is 0 Å². The molecule has 2 aromatic rings. The second-order valence-corrected chi connectivity index (χ2v) is 7.49. The Labute approximate surface area is 130 Å². The Morgan fingerprint density at radius 1 is 1.29 bits per heavy atom. The molecule has 4 nitrogen and oxygen atoms in total. The van der Waals surface area contributed by atoms with Crippen LogP contribution in [0.4, 0.5) is 0 Å². The van der Waals surface area contributed by atoms with Crippen LogP contribution in [0.2, 0.25) is 0 Å². The Balaban J connectivity index is 1.80. The molecule has 21 heavy (non-hydrogen) atoms. The number of nitrogens with one attached hydrogen (secondary N) is 1. The van der Waals surface area contributed by atoms with Crippen molar-refractivity contribution in [3.05, 3.63) is 24.4 Å². The Hall–Kier alpha value is -1.07. The summed E-state index contributed by atoms with van der Waals surface area (Å²) in [6, 6.07) is 6.61. The van der Waals surface area contributed by atoms with Gasteiger partial charge in [0.1, 0.15) is 0 Å². The summed E-state index contributed by atoms with van der Waals surface area (Å²) in [4.78, 5) is 0. The van der Waals surface area contributed by atoms with Crippen LogP contribution in [0.15, 0.2) is 29.6 Å². The molecule has 3 rings (SSSR count). The summed E-state index contributed by atoms with van der Waals surface area (Å²) in [5.41, 5.74) is 0.928. The first-order valence-electron chi connectivity index (χ1n) is 7.82. The van der Waals surface area contributed by atoms with Gasteiger partial charge in [0, 0.05) is 17.5 Å². The second kappa shape index (κ2) is 6.36. The molecule has 0 saturated heterocycles. The van der Waals surface area contributed by atoms with Crippen molar-refractivity contribution in [2.45, 2.75) is 49.6 Å². The highest BCUT2D eigenvalue weighted by atomic mass is 32.2. The van der Waals surface area contributed by atoms with Gasteiger partial charge in [-0.05, 0) is 50.3 Å². The number of nitrogens with zero attached hydrogens (tertiary/aromatic N) is 3. The molecule has 0 spiro atoms. The van der Waals surface area contributed by atoms with Crippen LogP contribution in [-0.4, -0.2) is 32.9 Å². The van der Waals surface area contributed by atoms with E-state index in [9.17, 15) is 0 Å². The van der Waals surface area contributed by atoms with E-state index in [2.05, 4.69) is 47.0 Å². The standard InChI is InChI=1S/C16H24N4S/c1-11(2)12-7-8-13(17-3)14(10-12)21-16-19-18-15-6-4-5-9-20(15)16/h4-6,9,11-14,17H,7-8,10H2,1-3H3. The first kappa shape index (κ1) is 14.9. The highest BCUT2D eigenvalue weighted by Crippen LogP contribution is 2.38. The molecule has 0 aromatic carbocycles. The van der Waals surface area contributed by atoms with E-state index in [1.165, 1.54) is 19.3 Å². The number of hydrogen-bond acceptors (Lipinski definition) is 4. The monoisotopic (exact) mass is 304 g/mol. The van der Waals surface area contributed by atoms with E-state index in [4.69, 9.17) is 0 Å². The number of pyridine rings is 1. The molecule has 2 heterocycles. The van der Waals surface area contributed by atoms with Crippen molar-refractivity contribution in [3.8, 4) is 0 Å². The molecule has 1 aliphatic rings. The molecular formula is C16H24N4S. The number of fused-ring (bicyclic) bond motifs is 1. The topological polar surface area (TPSA) is 42.2 Å². The normalized spacial score (nSPS) is 26.6. The van der Waals surface area contributed by atoms with E-state index >= 15 is 0 Å². The Kier molecular flexibility index (Phi) is 4.50. The SMILES string of the molecule is CNC1CCC(C(C)C)CC1Sc1nnc2ccccn12. The maximum Gasteiger partial charge on any atom is 0.195 e. The number of aromatic nitrogens is 3. The lowest BCUT2D eigenvalue weighted by Gasteiger charge is -2.37. The molecule has 1 N–H and O–H groups in total. The first-order valence-corrected chi connectivity index (χ1v) is 8.70. The average Bonchev–Trinajstić information content (AvgIpc) is 2.90. The van der Waals surface area contributed by atoms with Crippen molar-refractivity contribution in [1.29, 1.82) is 0 Å². The van der Waals surface area contributed by atoms with Gasteiger partial charge in [0.15, 0.2) is 10.8 Å². The van der Waals surface area contributed by atoms with Gasteiger partial charge in [-0.25, -0.2) is 0 Å². The molecule has 3 unspecified atom stereocenters. The molecule has 1 fully saturated rings. The van der Waals surface area contributed by atoms with Gasteiger partial charge in [0.25, 0.3) is 0 Å². The van der Waals surface area contributed by atoms with Gasteiger partial charge in [-0.3, -0.25) is 4.40 Å². The highest BCUT2D eigenvalue weighted by molar-refractivity contribution is 7.99. The summed E-state index contributed by atoms with van der Waals surface area (Å²) < 4.78 is 2.09. The molecule has 114 valence electrons. The maximum atomic E-state index is 4.38. The summed E-state index contributed by atoms with van der Waals surface area (Å²) in [6.07, 6.45) is 5.90. The van der Waals surface area contributed by atoms with Gasteiger partial charge in [0.2, 0.25) is 0 Å². The molecule has 1 saturated carbocycles. The Bertz CT molecular complexity index is 595. The maximum absolute atomic E-state index is 4.38. The third kappa shape index (κ3) is 3.09. The van der Waals surface area contributed by atoms with Crippen LogP contribution in [0, 0.1) is 11.8 Å². The van der Waals surface area contributed by atoms with Gasteiger partial charge in [-0.15, -0.1) is 10.2 Å². The fraction of sp³-hybridized carbons (Fsp3) is 0.625. The molecule has 2 aromatic heterocycles. The average molecular weight is 304 g/mol. The lowest BCUT2D eigenvalue weighted by atomic mass is 9.79. The number of hydrogen-bond donors (Lipinski definition) is 1. The molecule has 0 amide bonds. The van der Waals surface area contributed by atoms with Gasteiger partial charge >= 0.3 is 0 Å². The summed E-state index contributed by atoms with van der Waals surface area (Å²) in [6.45, 7) is 4.69. The van der Waals surface area contributed by atoms with E-state index in [1.807, 2.05) is 30.0 Å². The zero-order valence-corrected chi connectivity index (χ0v) is 13.8. The van der Waals surface area contributed by atoms with Crippen molar-refractivity contribution in [2.24, 2.45) is 11.8 Å². The summed E-state index contributed by atoms with van der Waals surface area (Å²) >= 11 is 1.88. The smallest absolute Gasteiger partial charge is 0.195 e. The fourth-order valence-corrected chi connectivity index (χ4v) is 4.67. The van der Waals surface area contributed by atoms with Crippen molar-refractivity contribution in [1.82, 2.24) is 19.9 Å². The quantitative estimate of drug-likeness (QED) is 0.941. The molecule has 0 bridgehead atoms. The Morgan fingerprint density at radius 2 is 2.14 bits per heavy atom. The van der Waals surface area contributed by atoms with Crippen LogP contribution >= 0.6 is 11.8 Å². The summed E-state index contributed by atoms with van der Waals surface area (Å²) in [7, 11) is 2.08. The molecule has 0 radical (unpaired) electrons. The van der Waals surface area contributed by atoms with Crippen molar-refractivity contribution < 1.29 is 0 Å². The van der Waals surface area contributed by atoms with Gasteiger partial charge < -0.3 is 5.32 Å². The van der Waals surface area contributed by atoms with Crippen LogP contribution in [0.5, 0.6) is 0 Å². The lowest BCUT2D eigenvalue weighted by molar-refractivity contribution is 0.251. The van der Waals surface area contributed by atoms with Crippen LogP contribution in [0.1, 0.15) is 33.1 Å². The zero-order valence-electron chi connectivity index (χ0n) is 13.0. The third-order valence-electron chi connectivity index (χ3n) is 4.69. The molecular weight excluding hydrogens is 280 g/mol. The molecule has 3 atom stereocenters. The fourth-order valence-electron chi connectivity index (χ4n) is 3.26. The van der Waals surface area contributed by atoms with Crippen molar-refractivity contribution in [2.75, 3.05) is 7.05 Å². The van der Waals surface area contributed by atoms with Crippen molar-refractivity contribution >= 4 is 17.4 Å². The Morgan fingerprint density at radius 3 is 2.90 bits per heavy atom. The predicted molar refractivity (Wildman–Crippen MR) is 87.7 cm³/mol. The van der Waals surface area contributed by atoms with Gasteiger partial charge in [0.05, 0.1) is 0 Å². The minimum Gasteiger partial charge on any atom is -0.316 e. The van der Waals surface area contributed by atoms with Gasteiger partial charge in [-0.1, -0.05) is 31.7 Å². The molecule has 0 aliphatic heterocycles. The number of thioether (sulfide) groups is 1. The highest BCUT2D eigenvalue weighted by Gasteiger charge is 2.32. The number of rotatable bonds is 4. The molecule has 5 heteroatoms. The van der Waals surface area contributed by atoms with Gasteiger partial charge in [-0.2, -0.15) is 0 Å². The van der Waals surface area contributed by atoms with Crippen LogP contribution in [0.25, 0.3) is 5.65 Å². The third-order valence-corrected chi connectivity index (χ3v) is 6.00. The van der Waals surface area contributed by atoms with Crippen molar-refractivity contribution in [3.63, 3.8) is 0 Å². The summed E-state index contributed by atoms with van der Waals surface area (Å²) in [5, 5.41) is 13.7. The lowest BCUT2D eigenvalue weighted by Crippen LogP contribution is -2.41. The predicted octanol–water partition coefficient (Wildman–Crippen LogP) is 3.23. The largest absolute Gasteiger partial charge is 0.316 e. The second-order valence-electron chi connectivity index (χ2n) is 6.28. The van der Waals surface area contributed by atoms with E-state index in [0.717, 1.165) is 22.6 Å². The van der Waals surface area contributed by atoms with E-state index < -0.39 is 0 Å². The van der Waals surface area contributed by atoms with Crippen LogP contribution in [-0.2, 0) is 0 Å². The molecule has 1 aliphatic carbocycles. The minimum atomic E-state index is 0.570. The summed E-state index contributed by atoms with van der Waals surface area (Å²) in [5.74, 6) is 1.59. The minimum absolute atomic E-state index is 0.570. The van der Waals surface area contributed by atoms with E-state index in [1.54, 1.807) is 0 Å². The first-order chi connectivity index (χ1) is 10.2.